The minimum atomic E-state index is -1.31. The smallest absolute Gasteiger partial charge is 0.341 e. The van der Waals surface area contributed by atoms with Crippen LogP contribution in [0.25, 0.3) is 33.5 Å². The van der Waals surface area contributed by atoms with Crippen molar-refractivity contribution < 1.29 is 24.0 Å². The maximum atomic E-state index is 13.4. The highest BCUT2D eigenvalue weighted by atomic mass is 16.6. The lowest BCUT2D eigenvalue weighted by atomic mass is 10.2. The number of aromatic nitrogens is 2. The Labute approximate surface area is 201 Å². The molecule has 0 aliphatic carbocycles. The molecule has 1 N–H and O–H groups in total. The van der Waals surface area contributed by atoms with Gasteiger partial charge in [0.25, 0.3) is 5.56 Å². The Morgan fingerprint density at radius 1 is 1.14 bits per heavy atom. The monoisotopic (exact) mass is 484 g/mol. The topological polar surface area (TPSA) is 150 Å². The van der Waals surface area contributed by atoms with E-state index in [9.17, 15) is 19.7 Å². The fourth-order valence-corrected chi connectivity index (χ4v) is 3.68. The molecule has 0 aliphatic heterocycles. The Hall–Kier alpha value is -5.32. The van der Waals surface area contributed by atoms with Crippen molar-refractivity contribution in [2.75, 3.05) is 6.61 Å². The first-order valence-electron chi connectivity index (χ1n) is 10.6. The number of nitro benzene ring substituents is 1. The van der Waals surface area contributed by atoms with E-state index in [-0.39, 0.29) is 22.9 Å². The molecule has 0 unspecified atom stereocenters. The third kappa shape index (κ3) is 4.16. The number of para-hydroxylation sites is 3. The molecule has 11 heteroatoms. The summed E-state index contributed by atoms with van der Waals surface area (Å²) in [5, 5.41) is 25.8. The van der Waals surface area contributed by atoms with Gasteiger partial charge in [-0.2, -0.15) is 9.78 Å². The van der Waals surface area contributed by atoms with Crippen LogP contribution in [0.1, 0.15) is 5.56 Å². The minimum Gasteiger partial charge on any atom is -0.479 e. The van der Waals surface area contributed by atoms with Crippen molar-refractivity contribution in [1.82, 2.24) is 9.66 Å². The third-order valence-electron chi connectivity index (χ3n) is 5.27. The molecule has 0 saturated carbocycles. The molecule has 0 saturated heterocycles. The molecular weight excluding hydrogens is 468 g/mol. The van der Waals surface area contributed by atoms with E-state index in [2.05, 4.69) is 10.1 Å². The van der Waals surface area contributed by atoms with Gasteiger partial charge in [0.2, 0.25) is 11.6 Å². The highest BCUT2D eigenvalue weighted by molar-refractivity contribution is 5.87. The van der Waals surface area contributed by atoms with E-state index in [0.29, 0.717) is 16.5 Å². The molecule has 0 atom stereocenters. The lowest BCUT2D eigenvalue weighted by molar-refractivity contribution is -0.385. The zero-order chi connectivity index (χ0) is 25.2. The number of hydrogen-bond donors (Lipinski definition) is 1. The van der Waals surface area contributed by atoms with Gasteiger partial charge in [-0.15, -0.1) is 0 Å². The van der Waals surface area contributed by atoms with Gasteiger partial charge in [0, 0.05) is 17.0 Å². The number of hydrogen-bond acceptors (Lipinski definition) is 8. The van der Waals surface area contributed by atoms with E-state index < -0.39 is 28.7 Å². The van der Waals surface area contributed by atoms with Crippen molar-refractivity contribution in [3.05, 3.63) is 98.8 Å². The Kier molecular flexibility index (Phi) is 5.71. The Morgan fingerprint density at radius 2 is 1.92 bits per heavy atom. The predicted octanol–water partition coefficient (Wildman–Crippen LogP) is 4.06. The van der Waals surface area contributed by atoms with Crippen LogP contribution >= 0.6 is 0 Å². The molecule has 2 aromatic heterocycles. The quantitative estimate of drug-likeness (QED) is 0.206. The zero-order valence-corrected chi connectivity index (χ0v) is 18.4. The number of fused-ring (bicyclic) bond motifs is 2. The molecule has 0 fully saturated rings. The maximum Gasteiger partial charge on any atom is 0.341 e. The molecule has 5 rings (SSSR count). The molecule has 0 radical (unpaired) electrons. The van der Waals surface area contributed by atoms with Crippen LogP contribution in [0.5, 0.6) is 5.75 Å². The second-order valence-electron chi connectivity index (χ2n) is 7.60. The van der Waals surface area contributed by atoms with Crippen LogP contribution < -0.4 is 10.3 Å². The Balaban J connectivity index is 1.70. The van der Waals surface area contributed by atoms with Crippen molar-refractivity contribution in [3.63, 3.8) is 0 Å². The SMILES string of the molecule is O=C(O)COc1c(C=Nn2c(-c3cc4ccccc4o3)nc3ccccc3c2=O)cccc1[N+](=O)[O-]. The molecule has 0 aliphatic rings. The molecule has 2 heterocycles. The van der Waals surface area contributed by atoms with Crippen molar-refractivity contribution in [2.45, 2.75) is 0 Å². The number of furan rings is 1. The molecule has 11 nitrogen and oxygen atoms in total. The molecule has 0 bridgehead atoms. The lowest BCUT2D eigenvalue weighted by Gasteiger charge is -2.09. The number of rotatable bonds is 7. The van der Waals surface area contributed by atoms with Gasteiger partial charge in [0.1, 0.15) is 5.58 Å². The summed E-state index contributed by atoms with van der Waals surface area (Å²) in [6, 6.07) is 19.8. The first-order valence-corrected chi connectivity index (χ1v) is 10.6. The van der Waals surface area contributed by atoms with Crippen LogP contribution in [-0.4, -0.2) is 38.5 Å². The van der Waals surface area contributed by atoms with E-state index in [0.717, 1.165) is 10.1 Å². The van der Waals surface area contributed by atoms with Crippen LogP contribution in [-0.2, 0) is 4.79 Å². The van der Waals surface area contributed by atoms with Gasteiger partial charge in [0.05, 0.1) is 22.0 Å². The summed E-state index contributed by atoms with van der Waals surface area (Å²) in [7, 11) is 0. The van der Waals surface area contributed by atoms with E-state index in [4.69, 9.17) is 14.3 Å². The van der Waals surface area contributed by atoms with E-state index in [1.807, 2.05) is 18.2 Å². The van der Waals surface area contributed by atoms with Crippen molar-refractivity contribution in [3.8, 4) is 17.3 Å². The van der Waals surface area contributed by atoms with Crippen LogP contribution in [0.4, 0.5) is 5.69 Å². The number of carboxylic acids is 1. The molecular formula is C25H16N4O7. The first-order chi connectivity index (χ1) is 17.4. The first kappa shape index (κ1) is 22.5. The number of aliphatic carboxylic acids is 1. The number of carboxylic acid groups (broad SMARTS) is 1. The molecule has 178 valence electrons. The van der Waals surface area contributed by atoms with Gasteiger partial charge >= 0.3 is 11.7 Å². The van der Waals surface area contributed by atoms with Crippen molar-refractivity contribution >= 4 is 39.7 Å². The largest absolute Gasteiger partial charge is 0.479 e. The van der Waals surface area contributed by atoms with Gasteiger partial charge < -0.3 is 14.3 Å². The fraction of sp³-hybridized carbons (Fsp3) is 0.0400. The van der Waals surface area contributed by atoms with E-state index in [1.54, 1.807) is 36.4 Å². The van der Waals surface area contributed by atoms with Crippen molar-refractivity contribution in [2.24, 2.45) is 5.10 Å². The summed E-state index contributed by atoms with van der Waals surface area (Å²) >= 11 is 0. The highest BCUT2D eigenvalue weighted by Gasteiger charge is 2.20. The van der Waals surface area contributed by atoms with Crippen LogP contribution in [0.2, 0.25) is 0 Å². The normalized spacial score (nSPS) is 11.3. The fourth-order valence-electron chi connectivity index (χ4n) is 3.68. The Morgan fingerprint density at radius 3 is 2.69 bits per heavy atom. The summed E-state index contributed by atoms with van der Waals surface area (Å²) in [6.07, 6.45) is 1.17. The molecule has 0 amide bonds. The van der Waals surface area contributed by atoms with Gasteiger partial charge in [-0.05, 0) is 30.3 Å². The minimum absolute atomic E-state index is 0.0982. The number of nitrogens with zero attached hydrogens (tertiary/aromatic N) is 4. The number of ether oxygens (including phenoxy) is 1. The average molecular weight is 484 g/mol. The van der Waals surface area contributed by atoms with E-state index in [1.165, 1.54) is 24.4 Å². The molecule has 36 heavy (non-hydrogen) atoms. The van der Waals surface area contributed by atoms with Crippen LogP contribution in [0.15, 0.2) is 87.1 Å². The Bertz CT molecular complexity index is 1700. The molecule has 0 spiro atoms. The maximum absolute atomic E-state index is 13.4. The second-order valence-corrected chi connectivity index (χ2v) is 7.60. The van der Waals surface area contributed by atoms with Gasteiger partial charge in [-0.25, -0.2) is 9.78 Å². The predicted molar refractivity (Wildman–Crippen MR) is 130 cm³/mol. The third-order valence-corrected chi connectivity index (χ3v) is 5.27. The number of nitro groups is 1. The lowest BCUT2D eigenvalue weighted by Crippen LogP contribution is -2.20. The number of benzene rings is 3. The average Bonchev–Trinajstić information content (AvgIpc) is 3.31. The summed E-state index contributed by atoms with van der Waals surface area (Å²) in [5.41, 5.74) is 0.187. The number of carbonyl (C=O) groups is 1. The highest BCUT2D eigenvalue weighted by Crippen LogP contribution is 2.31. The van der Waals surface area contributed by atoms with E-state index >= 15 is 0 Å². The van der Waals surface area contributed by atoms with Crippen molar-refractivity contribution in [1.29, 1.82) is 0 Å². The van der Waals surface area contributed by atoms with Crippen LogP contribution in [0.3, 0.4) is 0 Å². The molecule has 5 aromatic rings. The summed E-state index contributed by atoms with van der Waals surface area (Å²) in [5.74, 6) is -1.19. The second kappa shape index (κ2) is 9.14. The van der Waals surface area contributed by atoms with Gasteiger partial charge in [-0.3, -0.25) is 14.9 Å². The zero-order valence-electron chi connectivity index (χ0n) is 18.4. The summed E-state index contributed by atoms with van der Waals surface area (Å²) in [4.78, 5) is 39.7. The molecule has 3 aromatic carbocycles. The summed E-state index contributed by atoms with van der Waals surface area (Å²) in [6.45, 7) is -0.798. The summed E-state index contributed by atoms with van der Waals surface area (Å²) < 4.78 is 12.1. The van der Waals surface area contributed by atoms with Gasteiger partial charge in [-0.1, -0.05) is 36.4 Å². The standard InChI is InChI=1S/C25H16N4O7/c30-22(31)14-35-23-16(7-5-10-19(23)29(33)34)13-26-28-24(21-12-15-6-1-4-11-20(15)36-21)27-18-9-3-2-8-17(18)25(28)32/h1-13H,14H2,(H,30,31). The van der Waals surface area contributed by atoms with Crippen LogP contribution in [0, 0.1) is 10.1 Å². The van der Waals surface area contributed by atoms with Gasteiger partial charge in [0.15, 0.2) is 12.4 Å².